The number of benzene rings is 1. The fourth-order valence-corrected chi connectivity index (χ4v) is 2.42. The second kappa shape index (κ2) is 8.31. The Bertz CT molecular complexity index is 764. The number of halogens is 4. The summed E-state index contributed by atoms with van der Waals surface area (Å²) in [5.41, 5.74) is 0.749. The second-order valence-electron chi connectivity index (χ2n) is 5.39. The van der Waals surface area contributed by atoms with Crippen molar-refractivity contribution in [3.05, 3.63) is 58.3 Å². The van der Waals surface area contributed by atoms with Gasteiger partial charge in [-0.25, -0.2) is 4.98 Å². The van der Waals surface area contributed by atoms with Crippen molar-refractivity contribution in [1.82, 2.24) is 10.3 Å². The number of nitrogens with one attached hydrogen (secondary N) is 1. The topological polar surface area (TPSA) is 68.3 Å². The SMILES string of the molecule is CC(NC(=O)C(F)(F)F)[C@H](Oc1ccc(C=O)nc1)c1ccc(Br)cc1. The average molecular weight is 431 g/mol. The number of alkyl halides is 3. The van der Waals surface area contributed by atoms with Gasteiger partial charge in [0.25, 0.3) is 0 Å². The molecule has 0 aliphatic carbocycles. The van der Waals surface area contributed by atoms with Gasteiger partial charge in [-0.1, -0.05) is 28.1 Å². The molecule has 1 N–H and O–H groups in total. The number of aromatic nitrogens is 1. The Balaban J connectivity index is 2.27. The van der Waals surface area contributed by atoms with Crippen molar-refractivity contribution in [3.8, 4) is 5.75 Å². The van der Waals surface area contributed by atoms with E-state index in [9.17, 15) is 22.8 Å². The maximum Gasteiger partial charge on any atom is 0.471 e. The molecule has 0 aliphatic heterocycles. The van der Waals surface area contributed by atoms with Gasteiger partial charge in [-0.05, 0) is 36.8 Å². The molecule has 2 rings (SSSR count). The summed E-state index contributed by atoms with van der Waals surface area (Å²) < 4.78 is 44.1. The quantitative estimate of drug-likeness (QED) is 0.706. The smallest absolute Gasteiger partial charge is 0.471 e. The number of nitrogens with zero attached hydrogens (tertiary/aromatic N) is 1. The normalized spacial score (nSPS) is 13.6. The van der Waals surface area contributed by atoms with E-state index in [0.29, 0.717) is 11.8 Å². The number of aldehydes is 1. The van der Waals surface area contributed by atoms with Crippen LogP contribution in [0.4, 0.5) is 13.2 Å². The van der Waals surface area contributed by atoms with E-state index < -0.39 is 24.2 Å². The molecular weight excluding hydrogens is 417 g/mol. The van der Waals surface area contributed by atoms with Crippen LogP contribution in [0.15, 0.2) is 47.1 Å². The maximum absolute atomic E-state index is 12.5. The first-order chi connectivity index (χ1) is 12.2. The summed E-state index contributed by atoms with van der Waals surface area (Å²) in [4.78, 5) is 25.8. The molecule has 0 radical (unpaired) electrons. The highest BCUT2D eigenvalue weighted by molar-refractivity contribution is 9.10. The average Bonchev–Trinajstić information content (AvgIpc) is 2.60. The molecule has 5 nitrogen and oxygen atoms in total. The van der Waals surface area contributed by atoms with Crippen molar-refractivity contribution in [2.24, 2.45) is 0 Å². The van der Waals surface area contributed by atoms with Crippen molar-refractivity contribution >= 4 is 28.1 Å². The minimum absolute atomic E-state index is 0.191. The Morgan fingerprint density at radius 1 is 1.23 bits per heavy atom. The largest absolute Gasteiger partial charge is 0.482 e. The van der Waals surface area contributed by atoms with E-state index in [1.165, 1.54) is 25.3 Å². The highest BCUT2D eigenvalue weighted by Gasteiger charge is 2.40. The molecule has 0 bridgehead atoms. The van der Waals surface area contributed by atoms with E-state index in [2.05, 4.69) is 20.9 Å². The summed E-state index contributed by atoms with van der Waals surface area (Å²) in [6.45, 7) is 1.41. The molecule has 0 saturated carbocycles. The predicted octanol–water partition coefficient (Wildman–Crippen LogP) is 3.84. The lowest BCUT2D eigenvalue weighted by molar-refractivity contribution is -0.174. The van der Waals surface area contributed by atoms with Crippen LogP contribution >= 0.6 is 15.9 Å². The molecule has 138 valence electrons. The summed E-state index contributed by atoms with van der Waals surface area (Å²) in [6, 6.07) is 8.64. The first-order valence-corrected chi connectivity index (χ1v) is 8.21. The Morgan fingerprint density at radius 2 is 1.88 bits per heavy atom. The van der Waals surface area contributed by atoms with Gasteiger partial charge in [-0.2, -0.15) is 13.2 Å². The number of carbonyl (C=O) groups is 2. The third-order valence-electron chi connectivity index (χ3n) is 3.41. The van der Waals surface area contributed by atoms with Gasteiger partial charge in [-0.15, -0.1) is 0 Å². The molecular formula is C17H14BrF3N2O3. The van der Waals surface area contributed by atoms with Crippen LogP contribution in [0.5, 0.6) is 5.75 Å². The van der Waals surface area contributed by atoms with Crippen molar-refractivity contribution < 1.29 is 27.5 Å². The Kier molecular flexibility index (Phi) is 6.36. The lowest BCUT2D eigenvalue weighted by atomic mass is 10.0. The third kappa shape index (κ3) is 5.29. The van der Waals surface area contributed by atoms with Gasteiger partial charge in [-0.3, -0.25) is 9.59 Å². The highest BCUT2D eigenvalue weighted by Crippen LogP contribution is 2.27. The molecule has 1 aromatic carbocycles. The standard InChI is InChI=1S/C17H14BrF3N2O3/c1-10(23-16(25)17(19,20)21)15(11-2-4-12(18)5-3-11)26-14-7-6-13(9-24)22-8-14/h2-10,15H,1H3,(H,23,25)/t10?,15-/m0/s1. The van der Waals surface area contributed by atoms with Crippen LogP contribution in [0.3, 0.4) is 0 Å². The number of hydrogen-bond donors (Lipinski definition) is 1. The lowest BCUT2D eigenvalue weighted by Crippen LogP contribution is -2.45. The minimum Gasteiger partial charge on any atom is -0.482 e. The molecule has 0 fully saturated rings. The predicted molar refractivity (Wildman–Crippen MR) is 90.8 cm³/mol. The third-order valence-corrected chi connectivity index (χ3v) is 3.94. The summed E-state index contributed by atoms with van der Waals surface area (Å²) in [5.74, 6) is -1.80. The summed E-state index contributed by atoms with van der Waals surface area (Å²) in [7, 11) is 0. The van der Waals surface area contributed by atoms with E-state index in [1.807, 2.05) is 5.32 Å². The molecule has 2 atom stereocenters. The van der Waals surface area contributed by atoms with Crippen molar-refractivity contribution in [1.29, 1.82) is 0 Å². The number of ether oxygens (including phenoxy) is 1. The van der Waals surface area contributed by atoms with Crippen LogP contribution < -0.4 is 10.1 Å². The van der Waals surface area contributed by atoms with E-state index in [0.717, 1.165) is 4.47 Å². The van der Waals surface area contributed by atoms with Crippen LogP contribution in [0, 0.1) is 0 Å². The van der Waals surface area contributed by atoms with Crippen molar-refractivity contribution in [2.45, 2.75) is 25.2 Å². The Labute approximate surface area is 155 Å². The van der Waals surface area contributed by atoms with E-state index in [-0.39, 0.29) is 11.4 Å². The van der Waals surface area contributed by atoms with E-state index in [4.69, 9.17) is 4.74 Å². The first kappa shape index (κ1) is 19.9. The van der Waals surface area contributed by atoms with Crippen LogP contribution in [0.1, 0.15) is 29.1 Å². The van der Waals surface area contributed by atoms with Gasteiger partial charge in [0.1, 0.15) is 17.5 Å². The number of carbonyl (C=O) groups excluding carboxylic acids is 2. The molecule has 1 amide bonds. The first-order valence-electron chi connectivity index (χ1n) is 7.41. The number of pyridine rings is 1. The summed E-state index contributed by atoms with van der Waals surface area (Å²) >= 11 is 3.28. The van der Waals surface area contributed by atoms with Gasteiger partial charge in [0.2, 0.25) is 0 Å². The number of hydrogen-bond acceptors (Lipinski definition) is 4. The highest BCUT2D eigenvalue weighted by atomic mass is 79.9. The number of rotatable bonds is 6. The number of amides is 1. The zero-order valence-electron chi connectivity index (χ0n) is 13.5. The monoisotopic (exact) mass is 430 g/mol. The maximum atomic E-state index is 12.5. The molecule has 0 aliphatic rings. The van der Waals surface area contributed by atoms with Gasteiger partial charge in [0, 0.05) is 4.47 Å². The van der Waals surface area contributed by atoms with Crippen LogP contribution in [-0.2, 0) is 4.79 Å². The molecule has 0 spiro atoms. The zero-order chi connectivity index (χ0) is 19.3. The van der Waals surface area contributed by atoms with Crippen LogP contribution in [0.2, 0.25) is 0 Å². The van der Waals surface area contributed by atoms with Gasteiger partial charge >= 0.3 is 12.1 Å². The molecule has 1 heterocycles. The van der Waals surface area contributed by atoms with Crippen LogP contribution in [0.25, 0.3) is 0 Å². The Morgan fingerprint density at radius 3 is 2.38 bits per heavy atom. The fraction of sp³-hybridized carbons (Fsp3) is 0.235. The second-order valence-corrected chi connectivity index (χ2v) is 6.30. The molecule has 1 aromatic heterocycles. The van der Waals surface area contributed by atoms with Gasteiger partial charge in [0.15, 0.2) is 6.29 Å². The zero-order valence-corrected chi connectivity index (χ0v) is 15.0. The molecule has 26 heavy (non-hydrogen) atoms. The molecule has 0 saturated heterocycles. The van der Waals surface area contributed by atoms with Crippen LogP contribution in [-0.4, -0.2) is 29.4 Å². The van der Waals surface area contributed by atoms with Crippen molar-refractivity contribution in [3.63, 3.8) is 0 Å². The summed E-state index contributed by atoms with van der Waals surface area (Å²) in [6.07, 6.45) is -4.06. The summed E-state index contributed by atoms with van der Waals surface area (Å²) in [5, 5.41) is 1.90. The molecule has 2 aromatic rings. The van der Waals surface area contributed by atoms with E-state index >= 15 is 0 Å². The Hall–Kier alpha value is -2.42. The molecule has 1 unspecified atom stereocenters. The molecule has 9 heteroatoms. The van der Waals surface area contributed by atoms with E-state index in [1.54, 1.807) is 24.3 Å². The van der Waals surface area contributed by atoms with Crippen molar-refractivity contribution in [2.75, 3.05) is 0 Å². The van der Waals surface area contributed by atoms with Gasteiger partial charge < -0.3 is 10.1 Å². The fourth-order valence-electron chi connectivity index (χ4n) is 2.15. The van der Waals surface area contributed by atoms with Gasteiger partial charge in [0.05, 0.1) is 12.2 Å². The minimum atomic E-state index is -4.99. The lowest BCUT2D eigenvalue weighted by Gasteiger charge is -2.26.